The van der Waals surface area contributed by atoms with E-state index in [-0.39, 0.29) is 4.83 Å². The van der Waals surface area contributed by atoms with Crippen LogP contribution in [0.15, 0.2) is 26.5 Å². The van der Waals surface area contributed by atoms with E-state index in [1.54, 1.807) is 22.7 Å². The van der Waals surface area contributed by atoms with Crippen LogP contribution < -0.4 is 0 Å². The van der Waals surface area contributed by atoms with Gasteiger partial charge in [-0.15, -0.1) is 22.7 Å². The molecule has 0 saturated carbocycles. The molecule has 0 fully saturated rings. The third-order valence-corrected chi connectivity index (χ3v) is 7.58. The van der Waals surface area contributed by atoms with E-state index in [9.17, 15) is 0 Å². The van der Waals surface area contributed by atoms with E-state index in [4.69, 9.17) is 11.6 Å². The summed E-state index contributed by atoms with van der Waals surface area (Å²) < 4.78 is 2.90. The van der Waals surface area contributed by atoms with Crippen LogP contribution in [0.1, 0.15) is 14.6 Å². The van der Waals surface area contributed by atoms with Crippen molar-refractivity contribution in [3.05, 3.63) is 40.5 Å². The van der Waals surface area contributed by atoms with E-state index in [0.717, 1.165) is 12.6 Å². The van der Waals surface area contributed by atoms with Gasteiger partial charge in [-0.3, -0.25) is 0 Å². The highest BCUT2D eigenvalue weighted by atomic mass is 79.9. The Morgan fingerprint density at radius 3 is 2.33 bits per heavy atom. The molecule has 0 aliphatic rings. The lowest BCUT2D eigenvalue weighted by molar-refractivity contribution is 1.28. The van der Waals surface area contributed by atoms with Crippen LogP contribution in [-0.4, -0.2) is 0 Å². The number of hydrogen-bond donors (Lipinski definition) is 0. The summed E-state index contributed by atoms with van der Waals surface area (Å²) in [5, 5.41) is 0. The maximum atomic E-state index is 6.01. The summed E-state index contributed by atoms with van der Waals surface area (Å²) in [6, 6.07) is 6.22. The smallest absolute Gasteiger partial charge is 0.107 e. The molecule has 0 radical (unpaired) electrons. The average molecular weight is 451 g/mol. The highest BCUT2D eigenvalue weighted by molar-refractivity contribution is 9.11. The molecular formula is C9H4Br3ClS2. The van der Waals surface area contributed by atoms with Crippen molar-refractivity contribution in [2.24, 2.45) is 0 Å². The zero-order chi connectivity index (χ0) is 11.0. The summed E-state index contributed by atoms with van der Waals surface area (Å²) in [5.41, 5.74) is 0. The van der Waals surface area contributed by atoms with Crippen molar-refractivity contribution in [3.8, 4) is 0 Å². The van der Waals surface area contributed by atoms with Crippen LogP contribution >= 0.6 is 82.1 Å². The van der Waals surface area contributed by atoms with Gasteiger partial charge in [0, 0.05) is 14.2 Å². The summed E-state index contributed by atoms with van der Waals surface area (Å²) >= 11 is 19.9. The van der Waals surface area contributed by atoms with E-state index in [2.05, 4.69) is 66.0 Å². The number of rotatable bonds is 2. The maximum absolute atomic E-state index is 6.01. The summed E-state index contributed by atoms with van der Waals surface area (Å²) in [7, 11) is 0. The Kier molecular flexibility index (Phi) is 4.35. The zero-order valence-electron chi connectivity index (χ0n) is 7.14. The van der Waals surface area contributed by atoms with Crippen LogP contribution in [-0.2, 0) is 0 Å². The lowest BCUT2D eigenvalue weighted by atomic mass is 10.3. The summed E-state index contributed by atoms with van der Waals surface area (Å²) in [4.78, 5) is 2.70. The Bertz CT molecular complexity index is 458. The first-order valence-corrected chi connectivity index (χ1v) is 8.43. The van der Waals surface area contributed by atoms with Gasteiger partial charge in [0.25, 0.3) is 0 Å². The molecule has 80 valence electrons. The molecule has 6 heteroatoms. The van der Waals surface area contributed by atoms with Gasteiger partial charge in [-0.2, -0.15) is 0 Å². The fourth-order valence-electron chi connectivity index (χ4n) is 1.09. The van der Waals surface area contributed by atoms with Crippen LogP contribution in [0.4, 0.5) is 0 Å². The molecule has 0 amide bonds. The molecule has 1 atom stereocenters. The van der Waals surface area contributed by atoms with Crippen molar-refractivity contribution in [1.29, 1.82) is 0 Å². The zero-order valence-corrected chi connectivity index (χ0v) is 14.3. The Balaban J connectivity index is 2.31. The van der Waals surface area contributed by atoms with Gasteiger partial charge >= 0.3 is 0 Å². The molecule has 15 heavy (non-hydrogen) atoms. The SMILES string of the molecule is Clc1sc(C(Br)c2ccc(Br)s2)cc1Br. The van der Waals surface area contributed by atoms with Crippen LogP contribution in [0.2, 0.25) is 4.34 Å². The van der Waals surface area contributed by atoms with E-state index in [1.165, 1.54) is 9.75 Å². The van der Waals surface area contributed by atoms with Gasteiger partial charge in [-0.05, 0) is 50.1 Å². The van der Waals surface area contributed by atoms with E-state index in [0.29, 0.717) is 0 Å². The lowest BCUT2D eigenvalue weighted by Crippen LogP contribution is -1.83. The second-order valence-electron chi connectivity index (χ2n) is 2.77. The van der Waals surface area contributed by atoms with Crippen molar-refractivity contribution in [2.75, 3.05) is 0 Å². The van der Waals surface area contributed by atoms with Gasteiger partial charge in [0.1, 0.15) is 4.34 Å². The quantitative estimate of drug-likeness (QED) is 0.459. The topological polar surface area (TPSA) is 0 Å². The Hall–Kier alpha value is 1.13. The molecule has 2 rings (SSSR count). The van der Waals surface area contributed by atoms with Gasteiger partial charge in [0.05, 0.1) is 8.61 Å². The van der Waals surface area contributed by atoms with Crippen LogP contribution in [0.5, 0.6) is 0 Å². The van der Waals surface area contributed by atoms with Gasteiger partial charge < -0.3 is 0 Å². The first-order valence-electron chi connectivity index (χ1n) is 3.92. The number of thiophene rings is 2. The van der Waals surface area contributed by atoms with Crippen LogP contribution in [0, 0.1) is 0 Å². The minimum Gasteiger partial charge on any atom is -0.132 e. The van der Waals surface area contributed by atoms with Crippen molar-refractivity contribution in [1.82, 2.24) is 0 Å². The van der Waals surface area contributed by atoms with E-state index < -0.39 is 0 Å². The van der Waals surface area contributed by atoms with Gasteiger partial charge in [-0.25, -0.2) is 0 Å². The maximum Gasteiger partial charge on any atom is 0.107 e. The molecule has 2 aromatic rings. The molecule has 0 saturated heterocycles. The van der Waals surface area contributed by atoms with Crippen molar-refractivity contribution < 1.29 is 0 Å². The number of halogens is 4. The highest BCUT2D eigenvalue weighted by Crippen LogP contribution is 2.43. The minimum absolute atomic E-state index is 0.225. The predicted octanol–water partition coefficient (Wildman–Crippen LogP) is 6.47. The standard InChI is InChI=1S/C9H4Br3ClS2/c10-4-3-6(15-9(4)13)8(12)5-1-2-7(11)14-5/h1-3,8H. The number of hydrogen-bond acceptors (Lipinski definition) is 2. The van der Waals surface area contributed by atoms with Gasteiger partial charge in [-0.1, -0.05) is 27.5 Å². The van der Waals surface area contributed by atoms with Crippen LogP contribution in [0.3, 0.4) is 0 Å². The second kappa shape index (κ2) is 5.19. The molecule has 1 unspecified atom stereocenters. The minimum atomic E-state index is 0.225. The van der Waals surface area contributed by atoms with Crippen molar-refractivity contribution in [3.63, 3.8) is 0 Å². The lowest BCUT2D eigenvalue weighted by Gasteiger charge is -2.02. The van der Waals surface area contributed by atoms with E-state index in [1.807, 2.05) is 0 Å². The monoisotopic (exact) mass is 448 g/mol. The molecule has 0 aliphatic heterocycles. The fourth-order valence-corrected chi connectivity index (χ4v) is 5.17. The molecule has 2 heterocycles. The van der Waals surface area contributed by atoms with Gasteiger partial charge in [0.2, 0.25) is 0 Å². The molecule has 0 aliphatic carbocycles. The first kappa shape index (κ1) is 12.6. The van der Waals surface area contributed by atoms with Crippen LogP contribution in [0.25, 0.3) is 0 Å². The molecule has 0 nitrogen and oxygen atoms in total. The van der Waals surface area contributed by atoms with Gasteiger partial charge in [0.15, 0.2) is 0 Å². The predicted molar refractivity (Wildman–Crippen MR) is 79.8 cm³/mol. The largest absolute Gasteiger partial charge is 0.132 e. The highest BCUT2D eigenvalue weighted by Gasteiger charge is 2.16. The molecule has 0 spiro atoms. The first-order chi connectivity index (χ1) is 7.08. The molecule has 2 aromatic heterocycles. The molecule has 0 aromatic carbocycles. The summed E-state index contributed by atoms with van der Waals surface area (Å²) in [6.07, 6.45) is 0. The summed E-state index contributed by atoms with van der Waals surface area (Å²) in [5.74, 6) is 0. The number of alkyl halides is 1. The summed E-state index contributed by atoms with van der Waals surface area (Å²) in [6.45, 7) is 0. The fraction of sp³-hybridized carbons (Fsp3) is 0.111. The third-order valence-electron chi connectivity index (χ3n) is 1.76. The molecule has 0 bridgehead atoms. The Morgan fingerprint density at radius 1 is 1.13 bits per heavy atom. The van der Waals surface area contributed by atoms with Crippen molar-refractivity contribution >= 4 is 82.1 Å². The molecular weight excluding hydrogens is 447 g/mol. The van der Waals surface area contributed by atoms with E-state index >= 15 is 0 Å². The average Bonchev–Trinajstić information content (AvgIpc) is 2.74. The Labute approximate surface area is 126 Å². The van der Waals surface area contributed by atoms with Crippen molar-refractivity contribution in [2.45, 2.75) is 4.83 Å². The Morgan fingerprint density at radius 2 is 1.87 bits per heavy atom. The second-order valence-corrected chi connectivity index (χ2v) is 8.73. The normalized spacial score (nSPS) is 13.1. The molecule has 0 N–H and O–H groups in total. The third kappa shape index (κ3) is 2.87.